The average Bonchev–Trinajstić information content (AvgIpc) is 3.49. The van der Waals surface area contributed by atoms with Crippen molar-refractivity contribution in [3.63, 3.8) is 0 Å². The largest absolute Gasteiger partial charge is 0.462 e. The topological polar surface area (TPSA) is 78.9 Å². The van der Waals surface area contributed by atoms with Crippen LogP contribution in [0.25, 0.3) is 0 Å². The fourth-order valence-electron chi connectivity index (χ4n) is 10.5. The summed E-state index contributed by atoms with van der Waals surface area (Å²) in [7, 11) is 0. The molecule has 0 rings (SSSR count). The van der Waals surface area contributed by atoms with Crippen LogP contribution in [-0.4, -0.2) is 37.2 Å². The Morgan fingerprint density at radius 1 is 0.253 bits per heavy atom. The van der Waals surface area contributed by atoms with Gasteiger partial charge in [0.15, 0.2) is 6.10 Å². The zero-order valence-electron chi connectivity index (χ0n) is 55.2. The molecule has 0 saturated heterocycles. The number of carbonyl (C=O) groups excluding carboxylic acids is 3. The highest BCUT2D eigenvalue weighted by Crippen LogP contribution is 2.18. The molecule has 0 aromatic carbocycles. The first-order valence-corrected chi connectivity index (χ1v) is 36.1. The lowest BCUT2D eigenvalue weighted by Gasteiger charge is -2.18. The number of allylic oxidation sites excluding steroid dienone is 14. The molecule has 480 valence electrons. The van der Waals surface area contributed by atoms with Gasteiger partial charge in [0, 0.05) is 19.3 Å². The van der Waals surface area contributed by atoms with Crippen LogP contribution in [0.15, 0.2) is 85.1 Å². The van der Waals surface area contributed by atoms with Crippen LogP contribution in [-0.2, 0) is 28.6 Å². The van der Waals surface area contributed by atoms with E-state index in [0.717, 1.165) is 96.3 Å². The molecule has 1 atom stereocenters. The maximum Gasteiger partial charge on any atom is 0.306 e. The molecule has 0 aliphatic heterocycles. The summed E-state index contributed by atoms with van der Waals surface area (Å²) in [5.41, 5.74) is 0. The number of ether oxygens (including phenoxy) is 3. The van der Waals surface area contributed by atoms with E-state index in [1.165, 1.54) is 231 Å². The van der Waals surface area contributed by atoms with E-state index in [4.69, 9.17) is 14.2 Å². The van der Waals surface area contributed by atoms with Crippen LogP contribution in [0.2, 0.25) is 0 Å². The van der Waals surface area contributed by atoms with E-state index < -0.39 is 6.10 Å². The molecule has 0 aromatic heterocycles. The second-order valence-electron chi connectivity index (χ2n) is 24.1. The minimum absolute atomic E-state index is 0.0720. The van der Waals surface area contributed by atoms with Crippen LogP contribution in [0.3, 0.4) is 0 Å². The Hall–Kier alpha value is -3.41. The fraction of sp³-hybridized carbons (Fsp3) is 0.779. The van der Waals surface area contributed by atoms with Crippen molar-refractivity contribution < 1.29 is 28.6 Å². The predicted molar refractivity (Wildman–Crippen MR) is 362 cm³/mol. The Bertz CT molecular complexity index is 1570. The van der Waals surface area contributed by atoms with E-state index in [0.29, 0.717) is 19.3 Å². The third-order valence-corrected chi connectivity index (χ3v) is 15.9. The number of hydrogen-bond acceptors (Lipinski definition) is 6. The first-order chi connectivity index (χ1) is 41.0. The summed E-state index contributed by atoms with van der Waals surface area (Å²) < 4.78 is 16.9. The smallest absolute Gasteiger partial charge is 0.306 e. The Morgan fingerprint density at radius 3 is 0.747 bits per heavy atom. The second-order valence-corrected chi connectivity index (χ2v) is 24.1. The molecule has 0 aliphatic rings. The van der Waals surface area contributed by atoms with E-state index in [1.54, 1.807) is 0 Å². The lowest BCUT2D eigenvalue weighted by molar-refractivity contribution is -0.167. The van der Waals surface area contributed by atoms with Crippen molar-refractivity contribution in [1.29, 1.82) is 0 Å². The van der Waals surface area contributed by atoms with Crippen LogP contribution in [0, 0.1) is 0 Å². The minimum Gasteiger partial charge on any atom is -0.462 e. The van der Waals surface area contributed by atoms with Crippen LogP contribution in [0.1, 0.15) is 367 Å². The summed E-state index contributed by atoms with van der Waals surface area (Å²) >= 11 is 0. The molecule has 0 spiro atoms. The van der Waals surface area contributed by atoms with Gasteiger partial charge in [-0.1, -0.05) is 337 Å². The summed E-state index contributed by atoms with van der Waals surface area (Å²) in [6, 6.07) is 0. The van der Waals surface area contributed by atoms with Gasteiger partial charge in [-0.25, -0.2) is 0 Å². The van der Waals surface area contributed by atoms with Gasteiger partial charge in [0.2, 0.25) is 0 Å². The van der Waals surface area contributed by atoms with E-state index in [-0.39, 0.29) is 31.1 Å². The van der Waals surface area contributed by atoms with Crippen molar-refractivity contribution in [3.05, 3.63) is 85.1 Å². The molecule has 0 bridgehead atoms. The zero-order valence-corrected chi connectivity index (χ0v) is 55.2. The molecular formula is C77H136O6. The van der Waals surface area contributed by atoms with Crippen LogP contribution >= 0.6 is 0 Å². The molecule has 0 amide bonds. The van der Waals surface area contributed by atoms with Crippen LogP contribution < -0.4 is 0 Å². The molecular weight excluding hydrogens is 1020 g/mol. The monoisotopic (exact) mass is 1160 g/mol. The van der Waals surface area contributed by atoms with E-state index in [1.807, 2.05) is 0 Å². The molecule has 6 heteroatoms. The van der Waals surface area contributed by atoms with Crippen molar-refractivity contribution in [3.8, 4) is 0 Å². The molecule has 83 heavy (non-hydrogen) atoms. The summed E-state index contributed by atoms with van der Waals surface area (Å²) in [5.74, 6) is -0.858. The van der Waals surface area contributed by atoms with E-state index in [2.05, 4.69) is 106 Å². The summed E-state index contributed by atoms with van der Waals surface area (Å²) in [6.07, 6.45) is 94.9. The SMILES string of the molecule is CC/C=C\C/C=C\C/C=C\C/C=C\C/C=C\C/C=C\CCCCCCCCCCCCCCC(=O)OCC(COC(=O)CCCCCCCCCCC)OC(=O)CCCCCCCCCCCCCCC/C=C\CCCCCCCCCC. The highest BCUT2D eigenvalue weighted by molar-refractivity contribution is 5.71. The van der Waals surface area contributed by atoms with E-state index in [9.17, 15) is 14.4 Å². The standard InChI is InChI=1S/C77H136O6/c1-4-7-10-13-16-19-21-23-25-27-29-31-33-35-36-37-38-39-40-42-43-45-47-49-51-53-55-58-61-64-67-70-76(79)82-73-74(72-81-75(78)69-66-63-60-57-18-15-12-9-6-3)83-77(80)71-68-65-62-59-56-54-52-50-48-46-44-41-34-32-30-28-26-24-22-20-17-14-11-8-5-2/h7,10,16,19,23,25,28-31,35-36,38-39,74H,4-6,8-9,11-15,17-18,20-22,24,26-27,32-34,37,40-73H2,1-3H3/b10-7-,19-16-,25-23-,30-28-,31-29-,36-35-,39-38-. The molecule has 0 aromatic rings. The lowest BCUT2D eigenvalue weighted by atomic mass is 10.0. The normalized spacial score (nSPS) is 12.6. The van der Waals surface area contributed by atoms with Crippen molar-refractivity contribution in [2.45, 2.75) is 374 Å². The van der Waals surface area contributed by atoms with Gasteiger partial charge >= 0.3 is 17.9 Å². The zero-order chi connectivity index (χ0) is 59.9. The quantitative estimate of drug-likeness (QED) is 0.0261. The van der Waals surface area contributed by atoms with Crippen molar-refractivity contribution >= 4 is 17.9 Å². The molecule has 0 heterocycles. The Morgan fingerprint density at radius 2 is 0.470 bits per heavy atom. The average molecular weight is 1160 g/mol. The summed E-state index contributed by atoms with van der Waals surface area (Å²) in [6.45, 7) is 6.55. The maximum atomic E-state index is 12.9. The number of esters is 3. The third-order valence-electron chi connectivity index (χ3n) is 15.9. The second kappa shape index (κ2) is 71.1. The van der Waals surface area contributed by atoms with Gasteiger partial charge in [0.05, 0.1) is 0 Å². The van der Waals surface area contributed by atoms with Crippen molar-refractivity contribution in [2.24, 2.45) is 0 Å². The van der Waals surface area contributed by atoms with E-state index >= 15 is 0 Å². The first-order valence-electron chi connectivity index (χ1n) is 36.1. The Labute approximate surface area is 515 Å². The molecule has 1 unspecified atom stereocenters. The number of rotatable bonds is 66. The minimum atomic E-state index is -0.775. The summed E-state index contributed by atoms with van der Waals surface area (Å²) in [5, 5.41) is 0. The molecule has 0 saturated carbocycles. The molecule has 0 N–H and O–H groups in total. The fourth-order valence-corrected chi connectivity index (χ4v) is 10.5. The summed E-state index contributed by atoms with van der Waals surface area (Å²) in [4.78, 5) is 38.3. The van der Waals surface area contributed by atoms with Crippen LogP contribution in [0.4, 0.5) is 0 Å². The first kappa shape index (κ1) is 79.6. The molecule has 0 fully saturated rings. The molecule has 0 radical (unpaired) electrons. The van der Waals surface area contributed by atoms with Crippen molar-refractivity contribution in [2.75, 3.05) is 13.2 Å². The highest BCUT2D eigenvalue weighted by atomic mass is 16.6. The van der Waals surface area contributed by atoms with Gasteiger partial charge in [-0.05, 0) is 96.3 Å². The van der Waals surface area contributed by atoms with Crippen LogP contribution in [0.5, 0.6) is 0 Å². The third kappa shape index (κ3) is 69.3. The molecule has 6 nitrogen and oxygen atoms in total. The maximum absolute atomic E-state index is 12.9. The Balaban J connectivity index is 4.13. The van der Waals surface area contributed by atoms with Gasteiger partial charge in [-0.15, -0.1) is 0 Å². The van der Waals surface area contributed by atoms with Gasteiger partial charge in [0.25, 0.3) is 0 Å². The predicted octanol–water partition coefficient (Wildman–Crippen LogP) is 25.0. The Kier molecular flexibility index (Phi) is 68.2. The number of carbonyl (C=O) groups is 3. The van der Waals surface area contributed by atoms with Gasteiger partial charge in [0.1, 0.15) is 13.2 Å². The van der Waals surface area contributed by atoms with Gasteiger partial charge < -0.3 is 14.2 Å². The highest BCUT2D eigenvalue weighted by Gasteiger charge is 2.19. The number of unbranched alkanes of at least 4 members (excludes halogenated alkanes) is 41. The lowest BCUT2D eigenvalue weighted by Crippen LogP contribution is -2.30. The van der Waals surface area contributed by atoms with Crippen molar-refractivity contribution in [1.82, 2.24) is 0 Å². The molecule has 0 aliphatic carbocycles. The number of hydrogen-bond donors (Lipinski definition) is 0. The van der Waals surface area contributed by atoms with Gasteiger partial charge in [-0.2, -0.15) is 0 Å². The van der Waals surface area contributed by atoms with Gasteiger partial charge in [-0.3, -0.25) is 14.4 Å².